The third kappa shape index (κ3) is 4.16. The zero-order valence-electron chi connectivity index (χ0n) is 15.9. The predicted molar refractivity (Wildman–Crippen MR) is 106 cm³/mol. The Morgan fingerprint density at radius 1 is 1.22 bits per heavy atom. The summed E-state index contributed by atoms with van der Waals surface area (Å²) in [6, 6.07) is 10.8. The SMILES string of the molecule is COc1ccccc1CN(c1cc(N2CCCC(CO)C2)ncn1)C1CC1. The molecule has 1 saturated heterocycles. The Bertz CT molecular complexity index is 765. The summed E-state index contributed by atoms with van der Waals surface area (Å²) in [6.45, 7) is 2.88. The fourth-order valence-corrected chi connectivity index (χ4v) is 3.89. The molecular weight excluding hydrogens is 340 g/mol. The van der Waals surface area contributed by atoms with Crippen LogP contribution in [0.15, 0.2) is 36.7 Å². The molecule has 2 aromatic rings. The van der Waals surface area contributed by atoms with Crippen LogP contribution in [-0.2, 0) is 6.54 Å². The maximum absolute atomic E-state index is 9.51. The molecule has 6 heteroatoms. The van der Waals surface area contributed by atoms with Crippen LogP contribution in [0.3, 0.4) is 0 Å². The lowest BCUT2D eigenvalue weighted by Crippen LogP contribution is -2.37. The second kappa shape index (κ2) is 8.13. The lowest BCUT2D eigenvalue weighted by molar-refractivity contribution is 0.208. The Labute approximate surface area is 160 Å². The van der Waals surface area contributed by atoms with E-state index in [-0.39, 0.29) is 6.61 Å². The minimum Gasteiger partial charge on any atom is -0.496 e. The molecule has 1 atom stereocenters. The lowest BCUT2D eigenvalue weighted by Gasteiger charge is -2.33. The lowest BCUT2D eigenvalue weighted by atomic mass is 9.99. The first-order valence-corrected chi connectivity index (χ1v) is 9.85. The summed E-state index contributed by atoms with van der Waals surface area (Å²) < 4.78 is 5.53. The molecule has 0 bridgehead atoms. The minimum atomic E-state index is 0.246. The molecule has 1 aromatic heterocycles. The number of nitrogens with zero attached hydrogens (tertiary/aromatic N) is 4. The van der Waals surface area contributed by atoms with Crippen LogP contribution in [0, 0.1) is 5.92 Å². The Morgan fingerprint density at radius 3 is 2.85 bits per heavy atom. The van der Waals surface area contributed by atoms with E-state index in [1.807, 2.05) is 12.1 Å². The first kappa shape index (κ1) is 18.0. The number of aliphatic hydroxyl groups excluding tert-OH is 1. The van der Waals surface area contributed by atoms with E-state index in [1.54, 1.807) is 13.4 Å². The van der Waals surface area contributed by atoms with Gasteiger partial charge in [-0.3, -0.25) is 0 Å². The number of rotatable bonds is 7. The number of hydrogen-bond acceptors (Lipinski definition) is 6. The molecule has 1 N–H and O–H groups in total. The zero-order chi connectivity index (χ0) is 18.6. The summed E-state index contributed by atoms with van der Waals surface area (Å²) in [7, 11) is 1.72. The van der Waals surface area contributed by atoms with Crippen molar-refractivity contribution in [3.63, 3.8) is 0 Å². The number of anilines is 2. The van der Waals surface area contributed by atoms with Crippen LogP contribution in [0.2, 0.25) is 0 Å². The van der Waals surface area contributed by atoms with E-state index < -0.39 is 0 Å². The van der Waals surface area contributed by atoms with Crippen LogP contribution in [0.5, 0.6) is 5.75 Å². The highest BCUT2D eigenvalue weighted by Crippen LogP contribution is 2.34. The van der Waals surface area contributed by atoms with Crippen molar-refractivity contribution in [3.8, 4) is 5.75 Å². The Morgan fingerprint density at radius 2 is 2.07 bits per heavy atom. The van der Waals surface area contributed by atoms with Gasteiger partial charge in [-0.15, -0.1) is 0 Å². The molecular formula is C21H28N4O2. The molecule has 2 aliphatic rings. The summed E-state index contributed by atoms with van der Waals surface area (Å²) in [6.07, 6.45) is 6.26. The topological polar surface area (TPSA) is 61.7 Å². The number of aromatic nitrogens is 2. The van der Waals surface area contributed by atoms with Gasteiger partial charge in [0.05, 0.1) is 7.11 Å². The molecule has 27 heavy (non-hydrogen) atoms. The number of hydrogen-bond donors (Lipinski definition) is 1. The second-order valence-electron chi connectivity index (χ2n) is 7.54. The maximum Gasteiger partial charge on any atom is 0.134 e. The predicted octanol–water partition coefficient (Wildman–Crippen LogP) is 2.86. The molecule has 2 heterocycles. The molecule has 1 unspecified atom stereocenters. The minimum absolute atomic E-state index is 0.246. The van der Waals surface area contributed by atoms with Gasteiger partial charge in [-0.1, -0.05) is 18.2 Å². The molecule has 0 amide bonds. The van der Waals surface area contributed by atoms with Crippen LogP contribution in [0.4, 0.5) is 11.6 Å². The van der Waals surface area contributed by atoms with Crippen LogP contribution in [0.1, 0.15) is 31.2 Å². The van der Waals surface area contributed by atoms with Crippen LogP contribution >= 0.6 is 0 Å². The van der Waals surface area contributed by atoms with E-state index in [0.29, 0.717) is 12.0 Å². The van der Waals surface area contributed by atoms with Crippen molar-refractivity contribution in [2.45, 2.75) is 38.3 Å². The van der Waals surface area contributed by atoms with Gasteiger partial charge >= 0.3 is 0 Å². The molecule has 2 fully saturated rings. The maximum atomic E-state index is 9.51. The third-order valence-electron chi connectivity index (χ3n) is 5.55. The number of methoxy groups -OCH3 is 1. The van der Waals surface area contributed by atoms with E-state index >= 15 is 0 Å². The quantitative estimate of drug-likeness (QED) is 0.811. The van der Waals surface area contributed by atoms with Crippen LogP contribution in [-0.4, -0.2) is 47.9 Å². The number of ether oxygens (including phenoxy) is 1. The molecule has 0 radical (unpaired) electrons. The van der Waals surface area contributed by atoms with Crippen molar-refractivity contribution in [2.24, 2.45) is 5.92 Å². The standard InChI is InChI=1S/C21H28N4O2/c1-27-19-7-3-2-6-17(19)13-25(18-8-9-18)21-11-20(22-15-23-21)24-10-4-5-16(12-24)14-26/h2-3,6-7,11,15-16,18,26H,4-5,8-10,12-14H2,1H3. The van der Waals surface area contributed by atoms with Gasteiger partial charge in [0.2, 0.25) is 0 Å². The summed E-state index contributed by atoms with van der Waals surface area (Å²) in [5, 5.41) is 9.51. The summed E-state index contributed by atoms with van der Waals surface area (Å²) in [5.41, 5.74) is 1.17. The van der Waals surface area contributed by atoms with Gasteiger partial charge < -0.3 is 19.6 Å². The third-order valence-corrected chi connectivity index (χ3v) is 5.55. The van der Waals surface area contributed by atoms with Gasteiger partial charge in [0.25, 0.3) is 0 Å². The van der Waals surface area contributed by atoms with Gasteiger partial charge in [0, 0.05) is 43.9 Å². The van der Waals surface area contributed by atoms with Crippen LogP contribution < -0.4 is 14.5 Å². The summed E-state index contributed by atoms with van der Waals surface area (Å²) in [4.78, 5) is 13.8. The van der Waals surface area contributed by atoms with Crippen molar-refractivity contribution in [1.82, 2.24) is 9.97 Å². The largest absolute Gasteiger partial charge is 0.496 e. The molecule has 4 rings (SSSR count). The van der Waals surface area contributed by atoms with Crippen molar-refractivity contribution in [1.29, 1.82) is 0 Å². The summed E-state index contributed by atoms with van der Waals surface area (Å²) in [5.74, 6) is 3.19. The molecule has 144 valence electrons. The van der Waals surface area contributed by atoms with Gasteiger partial charge in [-0.05, 0) is 37.7 Å². The van der Waals surface area contributed by atoms with Crippen molar-refractivity contribution in [2.75, 3.05) is 36.6 Å². The molecule has 1 aliphatic carbocycles. The molecule has 1 saturated carbocycles. The second-order valence-corrected chi connectivity index (χ2v) is 7.54. The molecule has 0 spiro atoms. The monoisotopic (exact) mass is 368 g/mol. The van der Waals surface area contributed by atoms with Gasteiger partial charge in [0.1, 0.15) is 23.7 Å². The van der Waals surface area contributed by atoms with Gasteiger partial charge in [-0.2, -0.15) is 0 Å². The average Bonchev–Trinajstić information content (AvgIpc) is 3.57. The average molecular weight is 368 g/mol. The molecule has 6 nitrogen and oxygen atoms in total. The van der Waals surface area contributed by atoms with Crippen molar-refractivity contribution < 1.29 is 9.84 Å². The van der Waals surface area contributed by atoms with Crippen LogP contribution in [0.25, 0.3) is 0 Å². The number of benzene rings is 1. The number of piperidine rings is 1. The van der Waals surface area contributed by atoms with Crippen molar-refractivity contribution in [3.05, 3.63) is 42.2 Å². The Balaban J connectivity index is 1.57. The first-order valence-electron chi connectivity index (χ1n) is 9.85. The highest BCUT2D eigenvalue weighted by Gasteiger charge is 2.31. The van der Waals surface area contributed by atoms with E-state index in [0.717, 1.165) is 49.9 Å². The Hall–Kier alpha value is -2.34. The highest BCUT2D eigenvalue weighted by atomic mass is 16.5. The first-order chi connectivity index (χ1) is 13.3. The summed E-state index contributed by atoms with van der Waals surface area (Å²) >= 11 is 0. The van der Waals surface area contributed by atoms with Gasteiger partial charge in [-0.25, -0.2) is 9.97 Å². The molecule has 1 aromatic carbocycles. The number of para-hydroxylation sites is 1. The smallest absolute Gasteiger partial charge is 0.134 e. The Kier molecular flexibility index (Phi) is 5.43. The zero-order valence-corrected chi connectivity index (χ0v) is 15.9. The fraction of sp³-hybridized carbons (Fsp3) is 0.524. The normalized spacial score (nSPS) is 19.8. The number of aliphatic hydroxyl groups is 1. The molecule has 1 aliphatic heterocycles. The van der Waals surface area contributed by atoms with E-state index in [1.165, 1.54) is 18.4 Å². The highest BCUT2D eigenvalue weighted by molar-refractivity contribution is 5.53. The van der Waals surface area contributed by atoms with Gasteiger partial charge in [0.15, 0.2) is 0 Å². The fourth-order valence-electron chi connectivity index (χ4n) is 3.89. The van der Waals surface area contributed by atoms with E-state index in [2.05, 4.69) is 38.0 Å². The van der Waals surface area contributed by atoms with E-state index in [4.69, 9.17) is 4.74 Å². The van der Waals surface area contributed by atoms with E-state index in [9.17, 15) is 5.11 Å². The van der Waals surface area contributed by atoms with Crippen molar-refractivity contribution >= 4 is 11.6 Å².